The molecule has 1 fully saturated rings. The van der Waals surface area contributed by atoms with E-state index in [1.54, 1.807) is 0 Å². The van der Waals surface area contributed by atoms with E-state index in [0.717, 1.165) is 22.5 Å². The monoisotopic (exact) mass is 309 g/mol. The van der Waals surface area contributed by atoms with E-state index in [-0.39, 0.29) is 5.82 Å². The summed E-state index contributed by atoms with van der Waals surface area (Å²) in [5, 5.41) is 4.67. The summed E-state index contributed by atoms with van der Waals surface area (Å²) in [6, 6.07) is 8.71. The summed E-state index contributed by atoms with van der Waals surface area (Å²) in [7, 11) is 0. The minimum Gasteiger partial charge on any atom is -0.236 e. The van der Waals surface area contributed by atoms with Crippen molar-refractivity contribution in [1.82, 2.24) is 14.6 Å². The minimum atomic E-state index is -0.211. The fourth-order valence-corrected chi connectivity index (χ4v) is 3.69. The van der Waals surface area contributed by atoms with Gasteiger partial charge in [-0.2, -0.15) is 5.10 Å². The Balaban J connectivity index is 1.93. The van der Waals surface area contributed by atoms with Gasteiger partial charge in [-0.15, -0.1) is 0 Å². The van der Waals surface area contributed by atoms with Crippen molar-refractivity contribution in [3.63, 3.8) is 0 Å². The lowest BCUT2D eigenvalue weighted by Gasteiger charge is -2.24. The van der Waals surface area contributed by atoms with Crippen molar-refractivity contribution in [2.24, 2.45) is 0 Å². The van der Waals surface area contributed by atoms with Gasteiger partial charge in [-0.3, -0.25) is 0 Å². The number of benzene rings is 1. The molecule has 0 spiro atoms. The molecule has 2 aromatic heterocycles. The molecule has 23 heavy (non-hydrogen) atoms. The predicted molar refractivity (Wildman–Crippen MR) is 88.9 cm³/mol. The van der Waals surface area contributed by atoms with Crippen LogP contribution in [0, 0.1) is 12.7 Å². The summed E-state index contributed by atoms with van der Waals surface area (Å²) in [5.74, 6) is 0.283. The Labute approximate surface area is 135 Å². The zero-order chi connectivity index (χ0) is 15.8. The van der Waals surface area contributed by atoms with Crippen LogP contribution in [-0.2, 0) is 0 Å². The lowest BCUT2D eigenvalue weighted by Crippen LogP contribution is -2.12. The van der Waals surface area contributed by atoms with Gasteiger partial charge in [-0.1, -0.05) is 31.4 Å². The smallest absolute Gasteiger partial charge is 0.155 e. The molecule has 0 atom stereocenters. The fourth-order valence-electron chi connectivity index (χ4n) is 3.69. The summed E-state index contributed by atoms with van der Waals surface area (Å²) < 4.78 is 15.3. The number of nitrogens with zero attached hydrogens (tertiary/aromatic N) is 3. The Bertz CT molecular complexity index is 830. The third kappa shape index (κ3) is 2.62. The molecule has 0 bridgehead atoms. The first-order valence-electron chi connectivity index (χ1n) is 8.33. The zero-order valence-corrected chi connectivity index (χ0v) is 13.3. The molecule has 3 nitrogen and oxygen atoms in total. The summed E-state index contributed by atoms with van der Waals surface area (Å²) in [4.78, 5) is 4.56. The predicted octanol–water partition coefficient (Wildman–Crippen LogP) is 4.89. The molecule has 4 heteroatoms. The quantitative estimate of drug-likeness (QED) is 0.674. The van der Waals surface area contributed by atoms with Gasteiger partial charge in [-0.05, 0) is 37.5 Å². The molecule has 118 valence electrons. The maximum absolute atomic E-state index is 13.3. The first-order valence-corrected chi connectivity index (χ1v) is 8.33. The molecular weight excluding hydrogens is 289 g/mol. The van der Waals surface area contributed by atoms with Crippen LogP contribution in [0.15, 0.2) is 36.5 Å². The van der Waals surface area contributed by atoms with Crippen LogP contribution in [0.2, 0.25) is 0 Å². The number of rotatable bonds is 2. The van der Waals surface area contributed by atoms with E-state index < -0.39 is 0 Å². The van der Waals surface area contributed by atoms with Crippen LogP contribution >= 0.6 is 0 Å². The minimum absolute atomic E-state index is 0.211. The second-order valence-electron chi connectivity index (χ2n) is 6.45. The second kappa shape index (κ2) is 5.76. The summed E-state index contributed by atoms with van der Waals surface area (Å²) in [5.41, 5.74) is 5.19. The molecule has 2 heterocycles. The second-order valence-corrected chi connectivity index (χ2v) is 6.45. The maximum atomic E-state index is 13.3. The van der Waals surface area contributed by atoms with E-state index in [1.165, 1.54) is 49.9 Å². The number of fused-ring (bicyclic) bond motifs is 1. The van der Waals surface area contributed by atoms with Gasteiger partial charge in [0, 0.05) is 23.7 Å². The Morgan fingerprint density at radius 2 is 1.83 bits per heavy atom. The number of halogens is 1. The van der Waals surface area contributed by atoms with E-state index in [4.69, 9.17) is 0 Å². The normalized spacial score (nSPS) is 16.1. The third-order valence-electron chi connectivity index (χ3n) is 4.79. The van der Waals surface area contributed by atoms with Crippen molar-refractivity contribution in [2.75, 3.05) is 0 Å². The van der Waals surface area contributed by atoms with Crippen molar-refractivity contribution < 1.29 is 4.39 Å². The van der Waals surface area contributed by atoms with Crippen molar-refractivity contribution in [2.45, 2.75) is 44.9 Å². The summed E-state index contributed by atoms with van der Waals surface area (Å²) in [6.45, 7) is 2.00. The highest BCUT2D eigenvalue weighted by atomic mass is 19.1. The van der Waals surface area contributed by atoms with Gasteiger partial charge in [0.15, 0.2) is 5.65 Å². The van der Waals surface area contributed by atoms with Crippen LogP contribution in [0.3, 0.4) is 0 Å². The maximum Gasteiger partial charge on any atom is 0.155 e. The molecule has 0 radical (unpaired) electrons. The average molecular weight is 309 g/mol. The van der Waals surface area contributed by atoms with Crippen LogP contribution in [0.1, 0.15) is 49.4 Å². The lowest BCUT2D eigenvalue weighted by atomic mass is 9.84. The number of hydrogen-bond acceptors (Lipinski definition) is 2. The Kier molecular flexibility index (Phi) is 3.60. The molecule has 0 unspecified atom stereocenters. The first-order chi connectivity index (χ1) is 11.2. The van der Waals surface area contributed by atoms with Crippen LogP contribution in [0.5, 0.6) is 0 Å². The summed E-state index contributed by atoms with van der Waals surface area (Å²) in [6.07, 6.45) is 8.13. The van der Waals surface area contributed by atoms with Crippen LogP contribution in [-0.4, -0.2) is 14.6 Å². The van der Waals surface area contributed by atoms with E-state index in [0.29, 0.717) is 5.92 Å². The van der Waals surface area contributed by atoms with Crippen molar-refractivity contribution in [1.29, 1.82) is 0 Å². The highest BCUT2D eigenvalue weighted by Gasteiger charge is 2.23. The highest BCUT2D eigenvalue weighted by molar-refractivity contribution is 5.67. The molecule has 0 saturated heterocycles. The molecule has 0 N–H and O–H groups in total. The Morgan fingerprint density at radius 3 is 2.57 bits per heavy atom. The van der Waals surface area contributed by atoms with Crippen LogP contribution in [0.25, 0.3) is 16.8 Å². The van der Waals surface area contributed by atoms with E-state index in [1.807, 2.05) is 35.8 Å². The fraction of sp³-hybridized carbons (Fsp3) is 0.368. The molecule has 1 aromatic carbocycles. The van der Waals surface area contributed by atoms with E-state index in [2.05, 4.69) is 10.1 Å². The third-order valence-corrected chi connectivity index (χ3v) is 4.79. The standard InChI is InChI=1S/C19H20FN3/c1-13-11-18-21-12-17(14-7-9-16(20)10-8-14)19(23(18)22-13)15-5-3-2-4-6-15/h7-12,15H,2-6H2,1H3. The van der Waals surface area contributed by atoms with Crippen LogP contribution in [0.4, 0.5) is 4.39 Å². The Morgan fingerprint density at radius 1 is 1.09 bits per heavy atom. The van der Waals surface area contributed by atoms with E-state index >= 15 is 0 Å². The largest absolute Gasteiger partial charge is 0.236 e. The van der Waals surface area contributed by atoms with Gasteiger partial charge in [0.05, 0.1) is 11.4 Å². The van der Waals surface area contributed by atoms with Gasteiger partial charge in [0.1, 0.15) is 5.82 Å². The number of aryl methyl sites for hydroxylation is 1. The number of hydrogen-bond donors (Lipinski definition) is 0. The molecule has 3 aromatic rings. The van der Waals surface area contributed by atoms with Gasteiger partial charge in [0.2, 0.25) is 0 Å². The van der Waals surface area contributed by atoms with Gasteiger partial charge in [-0.25, -0.2) is 13.9 Å². The van der Waals surface area contributed by atoms with Crippen molar-refractivity contribution >= 4 is 5.65 Å². The summed E-state index contributed by atoms with van der Waals surface area (Å²) >= 11 is 0. The van der Waals surface area contributed by atoms with E-state index in [9.17, 15) is 4.39 Å². The van der Waals surface area contributed by atoms with Gasteiger partial charge in [0.25, 0.3) is 0 Å². The first kappa shape index (κ1) is 14.4. The molecule has 0 aliphatic heterocycles. The average Bonchev–Trinajstić information content (AvgIpc) is 2.95. The molecule has 1 aliphatic carbocycles. The van der Waals surface area contributed by atoms with Gasteiger partial charge < -0.3 is 0 Å². The number of aromatic nitrogens is 3. The molecule has 1 saturated carbocycles. The van der Waals surface area contributed by atoms with Crippen molar-refractivity contribution in [3.05, 3.63) is 53.7 Å². The molecule has 4 rings (SSSR count). The SMILES string of the molecule is Cc1cc2ncc(-c3ccc(F)cc3)c(C3CCCCC3)n2n1. The molecule has 0 amide bonds. The highest BCUT2D eigenvalue weighted by Crippen LogP contribution is 2.38. The topological polar surface area (TPSA) is 30.2 Å². The Hall–Kier alpha value is -2.23. The van der Waals surface area contributed by atoms with Gasteiger partial charge >= 0.3 is 0 Å². The molecular formula is C19H20FN3. The lowest BCUT2D eigenvalue weighted by molar-refractivity contribution is 0.431. The molecule has 1 aliphatic rings. The zero-order valence-electron chi connectivity index (χ0n) is 13.3. The van der Waals surface area contributed by atoms with Crippen LogP contribution < -0.4 is 0 Å². The van der Waals surface area contributed by atoms with Crippen molar-refractivity contribution in [3.8, 4) is 11.1 Å².